The Morgan fingerprint density at radius 3 is 2.76 bits per heavy atom. The van der Waals surface area contributed by atoms with E-state index in [0.717, 1.165) is 21.9 Å². The number of hydrogen-bond acceptors (Lipinski definition) is 5. The molecule has 1 amide bonds. The zero-order valence-corrected chi connectivity index (χ0v) is 15.6. The number of carbonyl (C=O) groups is 1. The van der Waals surface area contributed by atoms with E-state index in [4.69, 9.17) is 4.74 Å². The lowest BCUT2D eigenvalue weighted by molar-refractivity contribution is 0.102. The molecule has 4 nitrogen and oxygen atoms in total. The van der Waals surface area contributed by atoms with Crippen molar-refractivity contribution < 1.29 is 9.53 Å². The number of thiazole rings is 1. The fourth-order valence-corrected chi connectivity index (χ4v) is 3.46. The highest BCUT2D eigenvalue weighted by Crippen LogP contribution is 2.27. The van der Waals surface area contributed by atoms with Crippen LogP contribution < -0.4 is 10.1 Å². The van der Waals surface area contributed by atoms with E-state index in [0.29, 0.717) is 17.3 Å². The van der Waals surface area contributed by atoms with Crippen LogP contribution in [0.15, 0.2) is 58.8 Å². The molecule has 0 atom stereocenters. The van der Waals surface area contributed by atoms with Crippen LogP contribution in [-0.2, 0) is 0 Å². The molecule has 1 aromatic heterocycles. The Morgan fingerprint density at radius 1 is 1.24 bits per heavy atom. The van der Waals surface area contributed by atoms with Gasteiger partial charge in [0.1, 0.15) is 5.75 Å². The van der Waals surface area contributed by atoms with Crippen LogP contribution in [0, 0.1) is 0 Å². The first-order valence-electron chi connectivity index (χ1n) is 7.83. The highest BCUT2D eigenvalue weighted by atomic mass is 32.2. The van der Waals surface area contributed by atoms with E-state index < -0.39 is 0 Å². The second-order valence-electron chi connectivity index (χ2n) is 5.18. The summed E-state index contributed by atoms with van der Waals surface area (Å²) in [4.78, 5) is 17.9. The Bertz CT molecular complexity index is 860. The van der Waals surface area contributed by atoms with Crippen molar-refractivity contribution in [2.24, 2.45) is 0 Å². The predicted octanol–water partition coefficient (Wildman–Crippen LogP) is 5.18. The molecule has 0 spiro atoms. The van der Waals surface area contributed by atoms with Crippen molar-refractivity contribution in [3.8, 4) is 17.0 Å². The van der Waals surface area contributed by atoms with Crippen molar-refractivity contribution in [3.63, 3.8) is 0 Å². The second-order valence-corrected chi connectivity index (χ2v) is 6.92. The van der Waals surface area contributed by atoms with Gasteiger partial charge in [-0.2, -0.15) is 0 Å². The van der Waals surface area contributed by atoms with Gasteiger partial charge in [-0.25, -0.2) is 4.98 Å². The molecule has 0 saturated heterocycles. The van der Waals surface area contributed by atoms with E-state index in [1.165, 1.54) is 11.3 Å². The van der Waals surface area contributed by atoms with Crippen molar-refractivity contribution in [2.75, 3.05) is 18.2 Å². The lowest BCUT2D eigenvalue weighted by atomic mass is 10.2. The summed E-state index contributed by atoms with van der Waals surface area (Å²) in [6, 6.07) is 15.3. The molecule has 0 aliphatic carbocycles. The molecule has 1 N–H and O–H groups in total. The molecule has 0 fully saturated rings. The topological polar surface area (TPSA) is 51.2 Å². The minimum Gasteiger partial charge on any atom is -0.494 e. The van der Waals surface area contributed by atoms with E-state index in [1.54, 1.807) is 17.8 Å². The van der Waals surface area contributed by atoms with Gasteiger partial charge in [0.2, 0.25) is 0 Å². The van der Waals surface area contributed by atoms with Gasteiger partial charge in [-0.05, 0) is 55.6 Å². The molecule has 2 aromatic carbocycles. The molecule has 0 aliphatic heterocycles. The molecule has 0 radical (unpaired) electrons. The quantitative estimate of drug-likeness (QED) is 0.607. The third-order valence-corrected chi connectivity index (χ3v) is 5.00. The van der Waals surface area contributed by atoms with E-state index >= 15 is 0 Å². The summed E-state index contributed by atoms with van der Waals surface area (Å²) in [5.41, 5.74) is 2.45. The molecule has 1 heterocycles. The summed E-state index contributed by atoms with van der Waals surface area (Å²) < 4.78 is 5.45. The van der Waals surface area contributed by atoms with Crippen molar-refractivity contribution >= 4 is 34.1 Å². The number of nitrogens with zero attached hydrogens (tertiary/aromatic N) is 1. The van der Waals surface area contributed by atoms with Crippen LogP contribution in [0.25, 0.3) is 11.3 Å². The number of rotatable bonds is 6. The molecule has 3 rings (SSSR count). The largest absolute Gasteiger partial charge is 0.494 e. The van der Waals surface area contributed by atoms with Crippen LogP contribution in [0.3, 0.4) is 0 Å². The lowest BCUT2D eigenvalue weighted by Gasteiger charge is -2.04. The SMILES string of the molecule is CCOc1ccc(-c2csc(NC(=O)c3cccc(SC)c3)n2)cc1. The van der Waals surface area contributed by atoms with Crippen LogP contribution in [0.1, 0.15) is 17.3 Å². The van der Waals surface area contributed by atoms with Crippen LogP contribution in [0.5, 0.6) is 5.75 Å². The first kappa shape index (κ1) is 17.5. The number of amides is 1. The first-order chi connectivity index (χ1) is 12.2. The van der Waals surface area contributed by atoms with Crippen LogP contribution >= 0.6 is 23.1 Å². The molecule has 0 aliphatic rings. The number of anilines is 1. The first-order valence-corrected chi connectivity index (χ1v) is 9.94. The maximum absolute atomic E-state index is 12.4. The van der Waals surface area contributed by atoms with Gasteiger partial charge in [0, 0.05) is 21.4 Å². The second kappa shape index (κ2) is 8.18. The van der Waals surface area contributed by atoms with Crippen molar-refractivity contribution in [2.45, 2.75) is 11.8 Å². The summed E-state index contributed by atoms with van der Waals surface area (Å²) in [5.74, 6) is 0.687. The molecule has 0 bridgehead atoms. The van der Waals surface area contributed by atoms with Gasteiger partial charge in [-0.3, -0.25) is 10.1 Å². The molecule has 128 valence electrons. The molecule has 25 heavy (non-hydrogen) atoms. The number of hydrogen-bond donors (Lipinski definition) is 1. The highest BCUT2D eigenvalue weighted by molar-refractivity contribution is 7.98. The normalized spacial score (nSPS) is 10.5. The van der Waals surface area contributed by atoms with Gasteiger partial charge >= 0.3 is 0 Å². The average Bonchev–Trinajstić information content (AvgIpc) is 3.11. The number of carbonyl (C=O) groups excluding carboxylic acids is 1. The summed E-state index contributed by atoms with van der Waals surface area (Å²) in [6.07, 6.45) is 1.99. The Balaban J connectivity index is 1.71. The number of thioether (sulfide) groups is 1. The van der Waals surface area contributed by atoms with Crippen molar-refractivity contribution in [1.82, 2.24) is 4.98 Å². The Hall–Kier alpha value is -2.31. The maximum atomic E-state index is 12.4. The molecular weight excluding hydrogens is 352 g/mol. The highest BCUT2D eigenvalue weighted by Gasteiger charge is 2.10. The Morgan fingerprint density at radius 2 is 2.04 bits per heavy atom. The summed E-state index contributed by atoms with van der Waals surface area (Å²) in [6.45, 7) is 2.60. The third kappa shape index (κ3) is 4.41. The lowest BCUT2D eigenvalue weighted by Crippen LogP contribution is -2.11. The van der Waals surface area contributed by atoms with Crippen LogP contribution in [0.2, 0.25) is 0 Å². The van der Waals surface area contributed by atoms with Gasteiger partial charge in [0.15, 0.2) is 5.13 Å². The zero-order valence-electron chi connectivity index (χ0n) is 14.0. The number of benzene rings is 2. The minimum absolute atomic E-state index is 0.150. The molecule has 0 unspecified atom stereocenters. The zero-order chi connectivity index (χ0) is 17.6. The van der Waals surface area contributed by atoms with Gasteiger partial charge in [-0.1, -0.05) is 6.07 Å². The smallest absolute Gasteiger partial charge is 0.257 e. The van der Waals surface area contributed by atoms with E-state index in [-0.39, 0.29) is 5.91 Å². The summed E-state index contributed by atoms with van der Waals surface area (Å²) >= 11 is 3.02. The third-order valence-electron chi connectivity index (χ3n) is 3.52. The van der Waals surface area contributed by atoms with E-state index in [9.17, 15) is 4.79 Å². The van der Waals surface area contributed by atoms with Crippen LogP contribution in [-0.4, -0.2) is 23.8 Å². The number of aromatic nitrogens is 1. The Kier molecular flexibility index (Phi) is 5.73. The standard InChI is InChI=1S/C19H18N2O2S2/c1-3-23-15-9-7-13(8-10-15)17-12-25-19(20-17)21-18(22)14-5-4-6-16(11-14)24-2/h4-12H,3H2,1-2H3,(H,20,21,22). The molecule has 3 aromatic rings. The van der Waals surface area contributed by atoms with Gasteiger partial charge < -0.3 is 4.74 Å². The fraction of sp³-hybridized carbons (Fsp3) is 0.158. The average molecular weight is 370 g/mol. The van der Waals surface area contributed by atoms with Gasteiger partial charge in [0.05, 0.1) is 12.3 Å². The molecular formula is C19H18N2O2S2. The summed E-state index contributed by atoms with van der Waals surface area (Å²) in [7, 11) is 0. The summed E-state index contributed by atoms with van der Waals surface area (Å²) in [5, 5.41) is 5.39. The van der Waals surface area contributed by atoms with Gasteiger partial charge in [-0.15, -0.1) is 23.1 Å². The Labute approximate surface area is 155 Å². The number of ether oxygens (including phenoxy) is 1. The monoisotopic (exact) mass is 370 g/mol. The van der Waals surface area contributed by atoms with Crippen LogP contribution in [0.4, 0.5) is 5.13 Å². The molecule has 6 heteroatoms. The minimum atomic E-state index is -0.150. The van der Waals surface area contributed by atoms with Crippen molar-refractivity contribution in [3.05, 3.63) is 59.5 Å². The van der Waals surface area contributed by atoms with E-state index in [1.807, 2.05) is 61.0 Å². The predicted molar refractivity (Wildman–Crippen MR) is 105 cm³/mol. The molecule has 0 saturated carbocycles. The van der Waals surface area contributed by atoms with Crippen molar-refractivity contribution in [1.29, 1.82) is 0 Å². The maximum Gasteiger partial charge on any atom is 0.257 e. The number of nitrogens with one attached hydrogen (secondary N) is 1. The van der Waals surface area contributed by atoms with E-state index in [2.05, 4.69) is 10.3 Å². The van der Waals surface area contributed by atoms with Gasteiger partial charge in [0.25, 0.3) is 5.91 Å². The fourth-order valence-electron chi connectivity index (χ4n) is 2.29.